The predicted molar refractivity (Wildman–Crippen MR) is 98.2 cm³/mol. The molecule has 0 fully saturated rings. The van der Waals surface area contributed by atoms with Crippen LogP contribution in [0.2, 0.25) is 0 Å². The lowest BCUT2D eigenvalue weighted by Gasteiger charge is -2.20. The lowest BCUT2D eigenvalue weighted by atomic mass is 9.86. The second kappa shape index (κ2) is 7.94. The summed E-state index contributed by atoms with van der Waals surface area (Å²) in [5.41, 5.74) is 2.43. The molecule has 0 saturated heterocycles. The highest BCUT2D eigenvalue weighted by molar-refractivity contribution is 6.39. The van der Waals surface area contributed by atoms with Crippen LogP contribution in [0.25, 0.3) is 0 Å². The molecule has 0 bridgehead atoms. The first-order chi connectivity index (χ1) is 11.8. The van der Waals surface area contributed by atoms with Crippen LogP contribution in [0.5, 0.6) is 0 Å². The van der Waals surface area contributed by atoms with Gasteiger partial charge in [0.25, 0.3) is 0 Å². The molecule has 2 amide bonds. The summed E-state index contributed by atoms with van der Waals surface area (Å²) in [4.78, 5) is 23.6. The Labute approximate surface area is 148 Å². The largest absolute Gasteiger partial charge is 0.387 e. The van der Waals surface area contributed by atoms with Crippen molar-refractivity contribution in [2.75, 3.05) is 11.9 Å². The van der Waals surface area contributed by atoms with Crippen LogP contribution in [0.1, 0.15) is 38.0 Å². The smallest absolute Gasteiger partial charge is 0.313 e. The van der Waals surface area contributed by atoms with Gasteiger partial charge in [0.15, 0.2) is 0 Å². The van der Waals surface area contributed by atoms with Gasteiger partial charge in [-0.2, -0.15) is 0 Å². The molecule has 1 unspecified atom stereocenters. The average Bonchev–Trinajstić information content (AvgIpc) is 2.59. The second-order valence-electron chi connectivity index (χ2n) is 6.92. The second-order valence-corrected chi connectivity index (χ2v) is 6.92. The van der Waals surface area contributed by atoms with E-state index < -0.39 is 17.9 Å². The Morgan fingerprint density at radius 3 is 2.12 bits per heavy atom. The topological polar surface area (TPSA) is 78.4 Å². The minimum absolute atomic E-state index is 0.0318. The number of rotatable bonds is 4. The van der Waals surface area contributed by atoms with E-state index in [1.165, 1.54) is 0 Å². The molecule has 0 aliphatic rings. The standard InChI is InChI=1S/C20H24N2O3/c1-20(2,3)15-11-9-14(10-12-15)17(23)13-21-18(24)19(25)22-16-7-5-4-6-8-16/h4-12,17,23H,13H2,1-3H3,(H,21,24)(H,22,25). The van der Waals surface area contributed by atoms with Gasteiger partial charge in [-0.1, -0.05) is 63.2 Å². The summed E-state index contributed by atoms with van der Waals surface area (Å²) < 4.78 is 0. The third-order valence-corrected chi connectivity index (χ3v) is 3.86. The number of anilines is 1. The van der Waals surface area contributed by atoms with Crippen LogP contribution in [0, 0.1) is 0 Å². The molecule has 5 nitrogen and oxygen atoms in total. The van der Waals surface area contributed by atoms with Crippen LogP contribution in [-0.2, 0) is 15.0 Å². The molecule has 0 aromatic heterocycles. The average molecular weight is 340 g/mol. The molecule has 0 spiro atoms. The zero-order valence-corrected chi connectivity index (χ0v) is 14.7. The Hall–Kier alpha value is -2.66. The molecule has 0 heterocycles. The monoisotopic (exact) mass is 340 g/mol. The predicted octanol–water partition coefficient (Wildman–Crippen LogP) is 2.77. The number of hydrogen-bond acceptors (Lipinski definition) is 3. The van der Waals surface area contributed by atoms with Gasteiger partial charge in [-0.15, -0.1) is 0 Å². The maximum Gasteiger partial charge on any atom is 0.313 e. The molecule has 0 aliphatic carbocycles. The fraction of sp³-hybridized carbons (Fsp3) is 0.300. The number of aliphatic hydroxyl groups is 1. The van der Waals surface area contributed by atoms with Gasteiger partial charge in [-0.25, -0.2) is 0 Å². The van der Waals surface area contributed by atoms with Crippen LogP contribution in [0.15, 0.2) is 54.6 Å². The summed E-state index contributed by atoms with van der Waals surface area (Å²) in [7, 11) is 0. The molecule has 2 aromatic carbocycles. The van der Waals surface area contributed by atoms with Crippen molar-refractivity contribution in [2.24, 2.45) is 0 Å². The molecule has 2 rings (SSSR count). The summed E-state index contributed by atoms with van der Waals surface area (Å²) in [6.45, 7) is 6.31. The highest BCUT2D eigenvalue weighted by Crippen LogP contribution is 2.23. The minimum Gasteiger partial charge on any atom is -0.387 e. The van der Waals surface area contributed by atoms with Gasteiger partial charge in [-0.05, 0) is 28.7 Å². The molecule has 0 saturated carbocycles. The van der Waals surface area contributed by atoms with Gasteiger partial charge in [0, 0.05) is 12.2 Å². The molecule has 25 heavy (non-hydrogen) atoms. The van der Waals surface area contributed by atoms with Crippen molar-refractivity contribution < 1.29 is 14.7 Å². The molecular weight excluding hydrogens is 316 g/mol. The molecule has 0 aliphatic heterocycles. The SMILES string of the molecule is CC(C)(C)c1ccc(C(O)CNC(=O)C(=O)Nc2ccccc2)cc1. The molecular formula is C20H24N2O3. The number of amides is 2. The van der Waals surface area contributed by atoms with E-state index in [0.29, 0.717) is 11.3 Å². The Kier molecular flexibility index (Phi) is 5.93. The summed E-state index contributed by atoms with van der Waals surface area (Å²) in [6.07, 6.45) is -0.873. The van der Waals surface area contributed by atoms with Crippen LogP contribution >= 0.6 is 0 Å². The normalized spacial score (nSPS) is 12.3. The number of benzene rings is 2. The van der Waals surface area contributed by atoms with E-state index in [-0.39, 0.29) is 12.0 Å². The highest BCUT2D eigenvalue weighted by atomic mass is 16.3. The van der Waals surface area contributed by atoms with E-state index in [9.17, 15) is 14.7 Å². The summed E-state index contributed by atoms with van der Waals surface area (Å²) in [5, 5.41) is 15.1. The first-order valence-electron chi connectivity index (χ1n) is 8.20. The van der Waals surface area contributed by atoms with Crippen molar-refractivity contribution in [1.82, 2.24) is 5.32 Å². The summed E-state index contributed by atoms with van der Waals surface area (Å²) in [5.74, 6) is -1.55. The Balaban J connectivity index is 1.87. The fourth-order valence-electron chi connectivity index (χ4n) is 2.30. The van der Waals surface area contributed by atoms with Crippen LogP contribution in [0.4, 0.5) is 5.69 Å². The zero-order valence-electron chi connectivity index (χ0n) is 14.7. The van der Waals surface area contributed by atoms with Gasteiger partial charge in [0.1, 0.15) is 0 Å². The maximum atomic E-state index is 11.8. The van der Waals surface area contributed by atoms with Crippen molar-refractivity contribution in [3.8, 4) is 0 Å². The van der Waals surface area contributed by atoms with Crippen LogP contribution in [0.3, 0.4) is 0 Å². The number of nitrogens with one attached hydrogen (secondary N) is 2. The van der Waals surface area contributed by atoms with Crippen molar-refractivity contribution in [1.29, 1.82) is 0 Å². The van der Waals surface area contributed by atoms with Gasteiger partial charge in [0.05, 0.1) is 6.10 Å². The van der Waals surface area contributed by atoms with E-state index in [1.54, 1.807) is 24.3 Å². The molecule has 2 aromatic rings. The number of carbonyl (C=O) groups is 2. The third kappa shape index (κ3) is 5.43. The van der Waals surface area contributed by atoms with Gasteiger partial charge < -0.3 is 15.7 Å². The number of hydrogen-bond donors (Lipinski definition) is 3. The lowest BCUT2D eigenvalue weighted by Crippen LogP contribution is -2.37. The van der Waals surface area contributed by atoms with Gasteiger partial charge in [0.2, 0.25) is 0 Å². The lowest BCUT2D eigenvalue weighted by molar-refractivity contribution is -0.136. The highest BCUT2D eigenvalue weighted by Gasteiger charge is 2.17. The number of para-hydroxylation sites is 1. The quantitative estimate of drug-likeness (QED) is 0.749. The van der Waals surface area contributed by atoms with E-state index in [4.69, 9.17) is 0 Å². The van der Waals surface area contributed by atoms with Gasteiger partial charge in [-0.3, -0.25) is 9.59 Å². The van der Waals surface area contributed by atoms with Crippen molar-refractivity contribution >= 4 is 17.5 Å². The molecule has 3 N–H and O–H groups in total. The summed E-state index contributed by atoms with van der Waals surface area (Å²) in [6, 6.07) is 16.3. The Morgan fingerprint density at radius 2 is 1.56 bits per heavy atom. The van der Waals surface area contributed by atoms with E-state index >= 15 is 0 Å². The van der Waals surface area contributed by atoms with Crippen LogP contribution < -0.4 is 10.6 Å². The molecule has 5 heteroatoms. The van der Waals surface area contributed by atoms with Crippen molar-refractivity contribution in [3.63, 3.8) is 0 Å². The Bertz CT molecular complexity index is 719. The maximum absolute atomic E-state index is 11.8. The fourth-order valence-corrected chi connectivity index (χ4v) is 2.30. The first-order valence-corrected chi connectivity index (χ1v) is 8.20. The summed E-state index contributed by atoms with van der Waals surface area (Å²) >= 11 is 0. The zero-order chi connectivity index (χ0) is 18.4. The number of aliphatic hydroxyl groups excluding tert-OH is 1. The first kappa shape index (κ1) is 18.7. The van der Waals surface area contributed by atoms with Gasteiger partial charge >= 0.3 is 11.8 Å². The molecule has 1 atom stereocenters. The van der Waals surface area contributed by atoms with Crippen molar-refractivity contribution in [3.05, 3.63) is 65.7 Å². The van der Waals surface area contributed by atoms with Crippen LogP contribution in [-0.4, -0.2) is 23.5 Å². The molecule has 132 valence electrons. The minimum atomic E-state index is -0.873. The van der Waals surface area contributed by atoms with Crippen molar-refractivity contribution in [2.45, 2.75) is 32.3 Å². The van der Waals surface area contributed by atoms with E-state index in [0.717, 1.165) is 5.56 Å². The van der Waals surface area contributed by atoms with E-state index in [1.807, 2.05) is 30.3 Å². The number of carbonyl (C=O) groups excluding carboxylic acids is 2. The Morgan fingerprint density at radius 1 is 0.960 bits per heavy atom. The third-order valence-electron chi connectivity index (χ3n) is 3.86. The van der Waals surface area contributed by atoms with E-state index in [2.05, 4.69) is 31.4 Å². The molecule has 0 radical (unpaired) electrons.